The van der Waals surface area contributed by atoms with Crippen molar-refractivity contribution >= 4 is 11.6 Å². The van der Waals surface area contributed by atoms with Crippen molar-refractivity contribution in [2.45, 2.75) is 19.5 Å². The molecule has 1 heterocycles. The van der Waals surface area contributed by atoms with Gasteiger partial charge in [-0.2, -0.15) is 0 Å². The fourth-order valence-corrected chi connectivity index (χ4v) is 2.41. The van der Waals surface area contributed by atoms with Crippen LogP contribution in [0.1, 0.15) is 12.5 Å². The van der Waals surface area contributed by atoms with Gasteiger partial charge in [0.15, 0.2) is 0 Å². The topological polar surface area (TPSA) is 27.3 Å². The van der Waals surface area contributed by atoms with Crippen LogP contribution in [0.3, 0.4) is 0 Å². The van der Waals surface area contributed by atoms with E-state index >= 15 is 0 Å². The standard InChI is InChI=1S/C14H21ClN3/c1-12(11-18-7-5-16-6-8-18)17-10-13-3-2-4-14(15)9-13/h2,4,9,12,16-17H,5-8,10-11H2,1H3. The molecular weight excluding hydrogens is 246 g/mol. The van der Waals surface area contributed by atoms with E-state index in [1.807, 2.05) is 18.2 Å². The molecule has 0 amide bonds. The molecular formula is C14H21ClN3. The van der Waals surface area contributed by atoms with E-state index in [4.69, 9.17) is 11.6 Å². The smallest absolute Gasteiger partial charge is 0.0409 e. The summed E-state index contributed by atoms with van der Waals surface area (Å²) in [5, 5.41) is 7.67. The molecule has 0 aromatic heterocycles. The molecule has 1 aliphatic heterocycles. The second-order valence-corrected chi connectivity index (χ2v) is 5.30. The van der Waals surface area contributed by atoms with E-state index < -0.39 is 0 Å². The lowest BCUT2D eigenvalue weighted by atomic mass is 10.2. The van der Waals surface area contributed by atoms with Crippen molar-refractivity contribution in [2.24, 2.45) is 0 Å². The Morgan fingerprint density at radius 3 is 3.00 bits per heavy atom. The van der Waals surface area contributed by atoms with Gasteiger partial charge in [-0.25, -0.2) is 0 Å². The number of hydrogen-bond donors (Lipinski definition) is 2. The zero-order valence-corrected chi connectivity index (χ0v) is 11.6. The highest BCUT2D eigenvalue weighted by molar-refractivity contribution is 6.30. The van der Waals surface area contributed by atoms with Crippen LogP contribution in [-0.4, -0.2) is 43.7 Å². The predicted octanol–water partition coefficient (Wildman–Crippen LogP) is 1.52. The third-order valence-corrected chi connectivity index (χ3v) is 3.44. The number of rotatable bonds is 5. The first-order valence-corrected chi connectivity index (χ1v) is 6.94. The Morgan fingerprint density at radius 1 is 1.50 bits per heavy atom. The van der Waals surface area contributed by atoms with E-state index in [9.17, 15) is 0 Å². The number of nitrogens with zero attached hydrogens (tertiary/aromatic N) is 1. The molecule has 0 spiro atoms. The molecule has 2 rings (SSSR count). The molecule has 1 aromatic carbocycles. The lowest BCUT2D eigenvalue weighted by Gasteiger charge is -2.30. The molecule has 4 heteroatoms. The van der Waals surface area contributed by atoms with E-state index in [1.54, 1.807) is 0 Å². The summed E-state index contributed by atoms with van der Waals surface area (Å²) in [5.74, 6) is 0. The first-order chi connectivity index (χ1) is 8.74. The summed E-state index contributed by atoms with van der Waals surface area (Å²) in [6, 6.07) is 9.38. The van der Waals surface area contributed by atoms with E-state index in [2.05, 4.69) is 28.5 Å². The second-order valence-electron chi connectivity index (χ2n) is 4.86. The normalized spacial score (nSPS) is 18.8. The Bertz CT molecular complexity index is 364. The van der Waals surface area contributed by atoms with Crippen molar-refractivity contribution in [1.29, 1.82) is 0 Å². The number of halogens is 1. The van der Waals surface area contributed by atoms with Crippen LogP contribution in [0.15, 0.2) is 18.2 Å². The van der Waals surface area contributed by atoms with Crippen molar-refractivity contribution in [2.75, 3.05) is 32.7 Å². The maximum absolute atomic E-state index is 5.95. The zero-order valence-electron chi connectivity index (χ0n) is 10.9. The fraction of sp³-hybridized carbons (Fsp3) is 0.571. The fourth-order valence-electron chi connectivity index (χ4n) is 2.22. The summed E-state index contributed by atoms with van der Waals surface area (Å²) in [7, 11) is 0. The van der Waals surface area contributed by atoms with Crippen molar-refractivity contribution in [1.82, 2.24) is 15.5 Å². The number of piperazine rings is 1. The minimum absolute atomic E-state index is 0.482. The van der Waals surface area contributed by atoms with E-state index in [0.29, 0.717) is 6.04 Å². The van der Waals surface area contributed by atoms with Gasteiger partial charge in [-0.1, -0.05) is 17.7 Å². The summed E-state index contributed by atoms with van der Waals surface area (Å²) in [6.45, 7) is 8.66. The van der Waals surface area contributed by atoms with Gasteiger partial charge in [0.05, 0.1) is 0 Å². The monoisotopic (exact) mass is 266 g/mol. The van der Waals surface area contributed by atoms with Crippen LogP contribution in [0.2, 0.25) is 5.02 Å². The SMILES string of the molecule is CC(CN1CCNCC1)NCc1[c]ccc(Cl)c1. The molecule has 1 saturated heterocycles. The van der Waals surface area contributed by atoms with Crippen LogP contribution < -0.4 is 10.6 Å². The molecule has 0 aliphatic carbocycles. The van der Waals surface area contributed by atoms with Gasteiger partial charge in [0.2, 0.25) is 0 Å². The molecule has 99 valence electrons. The van der Waals surface area contributed by atoms with Crippen LogP contribution in [0, 0.1) is 6.07 Å². The van der Waals surface area contributed by atoms with Gasteiger partial charge < -0.3 is 10.6 Å². The molecule has 1 aliphatic rings. The van der Waals surface area contributed by atoms with Crippen molar-refractivity contribution in [3.05, 3.63) is 34.9 Å². The lowest BCUT2D eigenvalue weighted by Crippen LogP contribution is -2.48. The Balaban J connectivity index is 1.72. The Hall–Kier alpha value is -0.610. The third kappa shape index (κ3) is 4.58. The highest BCUT2D eigenvalue weighted by atomic mass is 35.5. The van der Waals surface area contributed by atoms with E-state index in [-0.39, 0.29) is 0 Å². The van der Waals surface area contributed by atoms with Crippen LogP contribution in [-0.2, 0) is 6.54 Å². The minimum atomic E-state index is 0.482. The molecule has 0 bridgehead atoms. The Labute approximate surface area is 115 Å². The Morgan fingerprint density at radius 2 is 2.28 bits per heavy atom. The molecule has 1 aromatic rings. The van der Waals surface area contributed by atoms with Gasteiger partial charge in [0, 0.05) is 50.3 Å². The molecule has 2 N–H and O–H groups in total. The minimum Gasteiger partial charge on any atom is -0.314 e. The first kappa shape index (κ1) is 13.8. The average Bonchev–Trinajstić information content (AvgIpc) is 2.38. The summed E-state index contributed by atoms with van der Waals surface area (Å²) in [4.78, 5) is 2.50. The van der Waals surface area contributed by atoms with Crippen LogP contribution in [0.25, 0.3) is 0 Å². The maximum atomic E-state index is 5.95. The second kappa shape index (κ2) is 7.10. The highest BCUT2D eigenvalue weighted by Crippen LogP contribution is 2.10. The maximum Gasteiger partial charge on any atom is 0.0409 e. The molecule has 18 heavy (non-hydrogen) atoms. The van der Waals surface area contributed by atoms with E-state index in [1.165, 1.54) is 0 Å². The largest absolute Gasteiger partial charge is 0.314 e. The zero-order chi connectivity index (χ0) is 12.8. The summed E-state index contributed by atoms with van der Waals surface area (Å²) in [5.41, 5.74) is 1.12. The quantitative estimate of drug-likeness (QED) is 0.846. The van der Waals surface area contributed by atoms with Crippen LogP contribution in [0.5, 0.6) is 0 Å². The lowest BCUT2D eigenvalue weighted by molar-refractivity contribution is 0.219. The predicted molar refractivity (Wildman–Crippen MR) is 75.9 cm³/mol. The molecule has 1 fully saturated rings. The third-order valence-electron chi connectivity index (χ3n) is 3.21. The Kier molecular flexibility index (Phi) is 5.45. The van der Waals surface area contributed by atoms with Crippen molar-refractivity contribution in [3.8, 4) is 0 Å². The van der Waals surface area contributed by atoms with E-state index in [0.717, 1.165) is 49.9 Å². The number of benzene rings is 1. The molecule has 1 unspecified atom stereocenters. The van der Waals surface area contributed by atoms with Gasteiger partial charge in [-0.05, 0) is 30.7 Å². The summed E-state index contributed by atoms with van der Waals surface area (Å²) < 4.78 is 0. The molecule has 1 radical (unpaired) electrons. The number of hydrogen-bond acceptors (Lipinski definition) is 3. The van der Waals surface area contributed by atoms with Crippen LogP contribution in [0.4, 0.5) is 0 Å². The molecule has 0 saturated carbocycles. The van der Waals surface area contributed by atoms with Gasteiger partial charge in [0.1, 0.15) is 0 Å². The first-order valence-electron chi connectivity index (χ1n) is 6.56. The van der Waals surface area contributed by atoms with Gasteiger partial charge in [0.25, 0.3) is 0 Å². The average molecular weight is 267 g/mol. The van der Waals surface area contributed by atoms with Crippen molar-refractivity contribution < 1.29 is 0 Å². The molecule has 1 atom stereocenters. The van der Waals surface area contributed by atoms with Gasteiger partial charge in [-0.3, -0.25) is 4.90 Å². The molecule has 3 nitrogen and oxygen atoms in total. The van der Waals surface area contributed by atoms with Crippen LogP contribution >= 0.6 is 11.6 Å². The van der Waals surface area contributed by atoms with Gasteiger partial charge >= 0.3 is 0 Å². The summed E-state index contributed by atoms with van der Waals surface area (Å²) in [6.07, 6.45) is 0. The highest BCUT2D eigenvalue weighted by Gasteiger charge is 2.12. The summed E-state index contributed by atoms with van der Waals surface area (Å²) >= 11 is 5.95. The van der Waals surface area contributed by atoms with Gasteiger partial charge in [-0.15, -0.1) is 0 Å². The van der Waals surface area contributed by atoms with Crippen molar-refractivity contribution in [3.63, 3.8) is 0 Å². The number of nitrogens with one attached hydrogen (secondary N) is 2.